The molecule has 1 fully saturated rings. The van der Waals surface area contributed by atoms with Gasteiger partial charge in [-0.05, 0) is 38.1 Å². The van der Waals surface area contributed by atoms with Crippen LogP contribution in [0.2, 0.25) is 0 Å². The molecule has 1 aromatic heterocycles. The number of carbonyl (C=O) groups is 3. The smallest absolute Gasteiger partial charge is 0.338 e. The predicted octanol–water partition coefficient (Wildman–Crippen LogP) is 2.12. The maximum atomic E-state index is 12.6. The highest BCUT2D eigenvalue weighted by Crippen LogP contribution is 2.12. The van der Waals surface area contributed by atoms with Crippen molar-refractivity contribution in [2.24, 2.45) is 0 Å². The average Bonchev–Trinajstić information content (AvgIpc) is 3.22. The number of aryl methyl sites for hydroxylation is 1. The van der Waals surface area contributed by atoms with Crippen molar-refractivity contribution >= 4 is 17.8 Å². The van der Waals surface area contributed by atoms with E-state index in [2.05, 4.69) is 0 Å². The van der Waals surface area contributed by atoms with Crippen LogP contribution in [0.3, 0.4) is 0 Å². The molecular weight excluding hydrogens is 348 g/mol. The van der Waals surface area contributed by atoms with Gasteiger partial charge in [-0.3, -0.25) is 9.59 Å². The molecule has 0 aliphatic carbocycles. The van der Waals surface area contributed by atoms with Gasteiger partial charge in [-0.15, -0.1) is 0 Å². The third kappa shape index (κ3) is 4.36. The van der Waals surface area contributed by atoms with Gasteiger partial charge in [0.05, 0.1) is 11.8 Å². The van der Waals surface area contributed by atoms with Crippen LogP contribution in [0.15, 0.2) is 47.1 Å². The van der Waals surface area contributed by atoms with Crippen molar-refractivity contribution in [3.05, 3.63) is 59.5 Å². The minimum atomic E-state index is -0.883. The molecule has 1 saturated heterocycles. The second-order valence-corrected chi connectivity index (χ2v) is 6.51. The number of amides is 2. The van der Waals surface area contributed by atoms with Crippen LogP contribution < -0.4 is 0 Å². The van der Waals surface area contributed by atoms with Gasteiger partial charge < -0.3 is 19.0 Å². The molecule has 7 nitrogen and oxygen atoms in total. The van der Waals surface area contributed by atoms with Crippen molar-refractivity contribution in [3.8, 4) is 0 Å². The Balaban J connectivity index is 1.51. The lowest BCUT2D eigenvalue weighted by Crippen LogP contribution is -2.53. The number of rotatable bonds is 4. The average molecular weight is 370 g/mol. The minimum Gasteiger partial charge on any atom is -0.459 e. The zero-order valence-electron chi connectivity index (χ0n) is 15.4. The lowest BCUT2D eigenvalue weighted by atomic mass is 10.1. The highest BCUT2D eigenvalue weighted by atomic mass is 16.5. The molecule has 0 spiro atoms. The summed E-state index contributed by atoms with van der Waals surface area (Å²) < 4.78 is 10.4. The lowest BCUT2D eigenvalue weighted by molar-refractivity contribution is -0.141. The topological polar surface area (TPSA) is 80.1 Å². The minimum absolute atomic E-state index is 0.189. The van der Waals surface area contributed by atoms with Crippen LogP contribution in [-0.4, -0.2) is 59.9 Å². The fourth-order valence-electron chi connectivity index (χ4n) is 2.91. The largest absolute Gasteiger partial charge is 0.459 e. The summed E-state index contributed by atoms with van der Waals surface area (Å²) in [4.78, 5) is 40.2. The molecule has 3 rings (SSSR count). The Morgan fingerprint density at radius 3 is 2.22 bits per heavy atom. The number of ether oxygens (including phenoxy) is 1. The Bertz CT molecular complexity index is 805. The van der Waals surface area contributed by atoms with Crippen molar-refractivity contribution in [3.63, 3.8) is 0 Å². The first-order valence-corrected chi connectivity index (χ1v) is 8.85. The second kappa shape index (κ2) is 8.07. The van der Waals surface area contributed by atoms with Gasteiger partial charge >= 0.3 is 5.97 Å². The zero-order chi connectivity index (χ0) is 19.4. The van der Waals surface area contributed by atoms with Crippen molar-refractivity contribution in [2.75, 3.05) is 26.2 Å². The Kier molecular flexibility index (Phi) is 5.59. The van der Waals surface area contributed by atoms with Crippen LogP contribution in [0.5, 0.6) is 0 Å². The van der Waals surface area contributed by atoms with E-state index in [1.807, 2.05) is 19.1 Å². The van der Waals surface area contributed by atoms with Crippen molar-refractivity contribution in [2.45, 2.75) is 20.0 Å². The van der Waals surface area contributed by atoms with Crippen LogP contribution in [-0.2, 0) is 9.53 Å². The molecule has 2 heterocycles. The summed E-state index contributed by atoms with van der Waals surface area (Å²) in [6.07, 6.45) is 0.572. The predicted molar refractivity (Wildman–Crippen MR) is 97.2 cm³/mol. The Labute approximate surface area is 157 Å². The van der Waals surface area contributed by atoms with Crippen molar-refractivity contribution in [1.29, 1.82) is 0 Å². The van der Waals surface area contributed by atoms with E-state index in [0.29, 0.717) is 31.7 Å². The quantitative estimate of drug-likeness (QED) is 0.770. The van der Waals surface area contributed by atoms with Gasteiger partial charge in [-0.25, -0.2) is 4.79 Å². The first-order valence-electron chi connectivity index (χ1n) is 8.85. The number of piperazine rings is 1. The number of nitrogens with zero attached hydrogens (tertiary/aromatic N) is 2. The van der Waals surface area contributed by atoms with E-state index in [4.69, 9.17) is 9.15 Å². The molecule has 142 valence electrons. The van der Waals surface area contributed by atoms with E-state index >= 15 is 0 Å². The van der Waals surface area contributed by atoms with Gasteiger partial charge in [0.25, 0.3) is 11.8 Å². The number of benzene rings is 1. The zero-order valence-corrected chi connectivity index (χ0v) is 15.4. The van der Waals surface area contributed by atoms with E-state index in [1.165, 1.54) is 6.26 Å². The molecule has 0 radical (unpaired) electrons. The summed E-state index contributed by atoms with van der Waals surface area (Å²) in [7, 11) is 0. The molecule has 0 N–H and O–H groups in total. The summed E-state index contributed by atoms with van der Waals surface area (Å²) in [5, 5.41) is 0. The van der Waals surface area contributed by atoms with E-state index in [-0.39, 0.29) is 17.6 Å². The molecule has 1 atom stereocenters. The van der Waals surface area contributed by atoms with Crippen LogP contribution in [0.25, 0.3) is 0 Å². The van der Waals surface area contributed by atoms with E-state index in [1.54, 1.807) is 41.0 Å². The molecule has 0 bridgehead atoms. The first-order chi connectivity index (χ1) is 13.0. The normalized spacial score (nSPS) is 15.3. The van der Waals surface area contributed by atoms with Gasteiger partial charge in [0.2, 0.25) is 0 Å². The molecule has 7 heteroatoms. The molecule has 1 aliphatic heterocycles. The molecule has 1 aliphatic rings. The van der Waals surface area contributed by atoms with E-state index in [9.17, 15) is 14.4 Å². The number of carbonyl (C=O) groups excluding carboxylic acids is 3. The van der Waals surface area contributed by atoms with E-state index < -0.39 is 12.1 Å². The second-order valence-electron chi connectivity index (χ2n) is 6.51. The number of hydrogen-bond acceptors (Lipinski definition) is 5. The number of hydrogen-bond donors (Lipinski definition) is 0. The highest BCUT2D eigenvalue weighted by Gasteiger charge is 2.29. The van der Waals surface area contributed by atoms with Gasteiger partial charge in [0.15, 0.2) is 11.9 Å². The fraction of sp³-hybridized carbons (Fsp3) is 0.350. The molecule has 1 aromatic carbocycles. The summed E-state index contributed by atoms with van der Waals surface area (Å²) in [5.74, 6) is -0.691. The Hall–Kier alpha value is -3.09. The van der Waals surface area contributed by atoms with Crippen molar-refractivity contribution < 1.29 is 23.5 Å². The van der Waals surface area contributed by atoms with Gasteiger partial charge in [0, 0.05) is 26.2 Å². The molecule has 27 heavy (non-hydrogen) atoms. The first kappa shape index (κ1) is 18.7. The van der Waals surface area contributed by atoms with E-state index in [0.717, 1.165) is 5.56 Å². The third-order valence-corrected chi connectivity index (χ3v) is 4.53. The molecule has 0 saturated carbocycles. The van der Waals surface area contributed by atoms with Crippen LogP contribution in [0.1, 0.15) is 33.4 Å². The van der Waals surface area contributed by atoms with Crippen LogP contribution in [0, 0.1) is 6.92 Å². The lowest BCUT2D eigenvalue weighted by Gasteiger charge is -2.35. The summed E-state index contributed by atoms with van der Waals surface area (Å²) in [5.41, 5.74) is 1.45. The Morgan fingerprint density at radius 1 is 1.00 bits per heavy atom. The maximum absolute atomic E-state index is 12.6. The maximum Gasteiger partial charge on any atom is 0.338 e. The van der Waals surface area contributed by atoms with Crippen LogP contribution >= 0.6 is 0 Å². The van der Waals surface area contributed by atoms with Crippen LogP contribution in [0.4, 0.5) is 0 Å². The Morgan fingerprint density at radius 2 is 1.63 bits per heavy atom. The molecule has 2 amide bonds. The number of furan rings is 1. The summed E-state index contributed by atoms with van der Waals surface area (Å²) >= 11 is 0. The third-order valence-electron chi connectivity index (χ3n) is 4.53. The summed E-state index contributed by atoms with van der Waals surface area (Å²) in [6, 6.07) is 10.3. The SMILES string of the molecule is Cc1ccc(C(=O)O[C@@H](C)C(=O)N2CCN(C(=O)c3ccco3)CC2)cc1. The molecular formula is C20H22N2O5. The number of esters is 1. The summed E-state index contributed by atoms with van der Waals surface area (Å²) in [6.45, 7) is 5.08. The molecule has 2 aromatic rings. The standard InChI is InChI=1S/C20H22N2O5/c1-14-5-7-16(8-6-14)20(25)27-15(2)18(23)21-9-11-22(12-10-21)19(24)17-4-3-13-26-17/h3-8,13,15H,9-12H2,1-2H3/t15-/m0/s1. The van der Waals surface area contributed by atoms with Gasteiger partial charge in [0.1, 0.15) is 0 Å². The fourth-order valence-corrected chi connectivity index (χ4v) is 2.91. The molecule has 0 unspecified atom stereocenters. The van der Waals surface area contributed by atoms with Crippen molar-refractivity contribution in [1.82, 2.24) is 9.80 Å². The van der Waals surface area contributed by atoms with Gasteiger partial charge in [-0.2, -0.15) is 0 Å². The van der Waals surface area contributed by atoms with Gasteiger partial charge in [-0.1, -0.05) is 17.7 Å². The highest BCUT2D eigenvalue weighted by molar-refractivity contribution is 5.93. The monoisotopic (exact) mass is 370 g/mol.